The van der Waals surface area contributed by atoms with Gasteiger partial charge in [0, 0.05) is 57.2 Å². The van der Waals surface area contributed by atoms with E-state index in [1.165, 1.54) is 6.07 Å². The van der Waals surface area contributed by atoms with Crippen LogP contribution < -0.4 is 10.1 Å². The number of aliphatic hydroxyl groups is 2. The second-order valence-corrected chi connectivity index (χ2v) is 11.8. The molecule has 1 aliphatic heterocycles. The number of rotatable bonds is 15. The quantitative estimate of drug-likeness (QED) is 0.247. The molecule has 0 unspecified atom stereocenters. The summed E-state index contributed by atoms with van der Waals surface area (Å²) in [6, 6.07) is 12.1. The maximum Gasteiger partial charge on any atom is 0.223 e. The maximum atomic E-state index is 15.4. The number of benzene rings is 2. The Morgan fingerprint density at radius 1 is 1.20 bits per heavy atom. The number of piperidine rings is 1. The minimum absolute atomic E-state index is 0.0219. The van der Waals surface area contributed by atoms with Crippen LogP contribution in [0.5, 0.6) is 11.5 Å². The number of amides is 1. The third-order valence-electron chi connectivity index (χ3n) is 8.41. The zero-order valence-electron chi connectivity index (χ0n) is 25.4. The summed E-state index contributed by atoms with van der Waals surface area (Å²) in [6.45, 7) is 7.84. The number of hydrogen-bond donors (Lipinski definition) is 3. The smallest absolute Gasteiger partial charge is 0.223 e. The lowest BCUT2D eigenvalue weighted by Crippen LogP contribution is -2.49. The number of para-hydroxylation sites is 2. The van der Waals surface area contributed by atoms with E-state index in [1.807, 2.05) is 50.9 Å². The van der Waals surface area contributed by atoms with Crippen LogP contribution in [0.25, 0.3) is 0 Å². The Morgan fingerprint density at radius 2 is 1.95 bits per heavy atom. The number of nitrogens with zero attached hydrogens (tertiary/aromatic N) is 1. The molecule has 0 aliphatic carbocycles. The fraction of sp³-hybridized carbons (Fsp3) is 0.606. The lowest BCUT2D eigenvalue weighted by atomic mass is 9.73. The van der Waals surface area contributed by atoms with Crippen molar-refractivity contribution in [3.8, 4) is 11.5 Å². The zero-order chi connectivity index (χ0) is 30.0. The SMILES string of the molecule is CNC[C@@H](CC(=O)N1CCC[C@@H]([C@@](O)(CCCCOC)c2cccc(F)c2Oc2ccccc2C)C1)[C@@H](O)C(C)C. The molecule has 1 saturated heterocycles. The van der Waals surface area contributed by atoms with Gasteiger partial charge in [0.1, 0.15) is 5.75 Å². The lowest BCUT2D eigenvalue weighted by Gasteiger charge is -2.43. The number of likely N-dealkylation sites (tertiary alicyclic amines) is 1. The molecule has 3 N–H and O–H groups in total. The molecule has 0 saturated carbocycles. The summed E-state index contributed by atoms with van der Waals surface area (Å²) < 4.78 is 26.8. The van der Waals surface area contributed by atoms with Gasteiger partial charge in [0.25, 0.3) is 0 Å². The van der Waals surface area contributed by atoms with E-state index in [-0.39, 0.29) is 35.8 Å². The third-order valence-corrected chi connectivity index (χ3v) is 8.41. The van der Waals surface area contributed by atoms with Crippen LogP contribution in [0.1, 0.15) is 63.5 Å². The molecule has 0 spiro atoms. The summed E-state index contributed by atoms with van der Waals surface area (Å²) in [5.74, 6) is -0.518. The molecule has 0 aromatic heterocycles. The highest BCUT2D eigenvalue weighted by Gasteiger charge is 2.44. The van der Waals surface area contributed by atoms with Crippen LogP contribution in [-0.4, -0.2) is 67.5 Å². The molecule has 228 valence electrons. The van der Waals surface area contributed by atoms with Crippen LogP contribution in [-0.2, 0) is 15.1 Å². The van der Waals surface area contributed by atoms with E-state index >= 15 is 4.39 Å². The van der Waals surface area contributed by atoms with E-state index in [4.69, 9.17) is 9.47 Å². The van der Waals surface area contributed by atoms with Gasteiger partial charge in [-0.25, -0.2) is 4.39 Å². The van der Waals surface area contributed by atoms with Crippen molar-refractivity contribution in [1.82, 2.24) is 10.2 Å². The minimum atomic E-state index is -1.42. The zero-order valence-corrected chi connectivity index (χ0v) is 25.4. The molecule has 1 fully saturated rings. The Hall–Kier alpha value is -2.52. The van der Waals surface area contributed by atoms with Crippen molar-refractivity contribution in [3.05, 3.63) is 59.4 Å². The number of hydrogen-bond acceptors (Lipinski definition) is 6. The number of ether oxygens (including phenoxy) is 2. The van der Waals surface area contributed by atoms with Crippen LogP contribution in [0.4, 0.5) is 4.39 Å². The first kappa shape index (κ1) is 33.0. The maximum absolute atomic E-state index is 15.4. The number of aliphatic hydroxyl groups excluding tert-OH is 1. The summed E-state index contributed by atoms with van der Waals surface area (Å²) in [5.41, 5.74) is -0.158. The average molecular weight is 573 g/mol. The van der Waals surface area contributed by atoms with Crippen molar-refractivity contribution in [2.75, 3.05) is 40.4 Å². The Bertz CT molecular complexity index is 1110. The number of unbranched alkanes of at least 4 members (excludes halogenated alkanes) is 1. The second kappa shape index (κ2) is 15.6. The predicted octanol–water partition coefficient (Wildman–Crippen LogP) is 5.41. The van der Waals surface area contributed by atoms with E-state index in [9.17, 15) is 15.0 Å². The topological polar surface area (TPSA) is 91.3 Å². The summed E-state index contributed by atoms with van der Waals surface area (Å²) in [4.78, 5) is 15.3. The fourth-order valence-corrected chi connectivity index (χ4v) is 6.00. The first-order valence-corrected chi connectivity index (χ1v) is 15.0. The van der Waals surface area contributed by atoms with Crippen molar-refractivity contribution in [1.29, 1.82) is 0 Å². The molecule has 1 heterocycles. The van der Waals surface area contributed by atoms with Gasteiger partial charge in [-0.15, -0.1) is 0 Å². The van der Waals surface area contributed by atoms with Gasteiger partial charge < -0.3 is 29.9 Å². The van der Waals surface area contributed by atoms with E-state index < -0.39 is 17.5 Å². The molecule has 3 rings (SSSR count). The van der Waals surface area contributed by atoms with E-state index in [2.05, 4.69) is 5.32 Å². The predicted molar refractivity (Wildman–Crippen MR) is 159 cm³/mol. The molecule has 4 atom stereocenters. The first-order chi connectivity index (χ1) is 19.6. The summed E-state index contributed by atoms with van der Waals surface area (Å²) >= 11 is 0. The van der Waals surface area contributed by atoms with Crippen molar-refractivity contribution >= 4 is 5.91 Å². The van der Waals surface area contributed by atoms with E-state index in [0.29, 0.717) is 56.8 Å². The number of carbonyl (C=O) groups excluding carboxylic acids is 1. The molecular weight excluding hydrogens is 523 g/mol. The van der Waals surface area contributed by atoms with Crippen LogP contribution in [0.15, 0.2) is 42.5 Å². The van der Waals surface area contributed by atoms with Crippen LogP contribution >= 0.6 is 0 Å². The standard InChI is InChI=1S/C33H49FN2O5/c1-23(2)31(38)25(21-35-4)20-30(37)36-18-11-13-26(22-36)33(39,17-8-9-19-40-5)27-14-10-15-28(34)32(27)41-29-16-7-6-12-24(29)3/h6-7,10,12,14-16,23,25-26,31,35,38-39H,8-9,11,13,17-22H2,1-5H3/t25-,26-,31+,33+/m1/s1. The Balaban J connectivity index is 1.93. The normalized spacial score (nSPS) is 18.7. The number of methoxy groups -OCH3 is 1. The molecule has 41 heavy (non-hydrogen) atoms. The molecule has 2 aromatic rings. The van der Waals surface area contributed by atoms with Gasteiger partial charge in [-0.05, 0) is 69.7 Å². The number of halogens is 1. The highest BCUT2D eigenvalue weighted by Crippen LogP contribution is 2.45. The van der Waals surface area contributed by atoms with Gasteiger partial charge in [0.15, 0.2) is 11.6 Å². The van der Waals surface area contributed by atoms with Crippen molar-refractivity contribution in [2.24, 2.45) is 17.8 Å². The molecule has 1 amide bonds. The van der Waals surface area contributed by atoms with Crippen molar-refractivity contribution in [2.45, 2.75) is 71.0 Å². The van der Waals surface area contributed by atoms with Crippen molar-refractivity contribution in [3.63, 3.8) is 0 Å². The molecule has 1 aliphatic rings. The van der Waals surface area contributed by atoms with Gasteiger partial charge >= 0.3 is 0 Å². The molecule has 2 aromatic carbocycles. The summed E-state index contributed by atoms with van der Waals surface area (Å²) in [6.07, 6.45) is 2.84. The van der Waals surface area contributed by atoms with Crippen LogP contribution in [0, 0.1) is 30.5 Å². The van der Waals surface area contributed by atoms with Crippen molar-refractivity contribution < 1.29 is 28.9 Å². The first-order valence-electron chi connectivity index (χ1n) is 15.0. The summed E-state index contributed by atoms with van der Waals surface area (Å²) in [7, 11) is 3.47. The number of nitrogens with one attached hydrogen (secondary N) is 1. The van der Waals surface area contributed by atoms with Gasteiger partial charge in [0.05, 0.1) is 11.7 Å². The molecule has 0 radical (unpaired) electrons. The fourth-order valence-electron chi connectivity index (χ4n) is 6.00. The second-order valence-electron chi connectivity index (χ2n) is 11.8. The molecule has 7 nitrogen and oxygen atoms in total. The largest absolute Gasteiger partial charge is 0.454 e. The van der Waals surface area contributed by atoms with Crippen LogP contribution in [0.3, 0.4) is 0 Å². The van der Waals surface area contributed by atoms with E-state index in [0.717, 1.165) is 18.4 Å². The number of carbonyl (C=O) groups is 1. The summed E-state index contributed by atoms with van der Waals surface area (Å²) in [5, 5.41) is 26.3. The van der Waals surface area contributed by atoms with Gasteiger partial charge in [-0.1, -0.05) is 44.2 Å². The average Bonchev–Trinajstić information content (AvgIpc) is 2.96. The third kappa shape index (κ3) is 8.51. The lowest BCUT2D eigenvalue weighted by molar-refractivity contribution is -0.139. The molecular formula is C33H49FN2O5. The van der Waals surface area contributed by atoms with Gasteiger partial charge in [0.2, 0.25) is 5.91 Å². The molecule has 0 bridgehead atoms. The monoisotopic (exact) mass is 572 g/mol. The highest BCUT2D eigenvalue weighted by molar-refractivity contribution is 5.76. The Kier molecular flexibility index (Phi) is 12.6. The highest BCUT2D eigenvalue weighted by atomic mass is 19.1. The van der Waals surface area contributed by atoms with Gasteiger partial charge in [-0.3, -0.25) is 4.79 Å². The number of aryl methyl sites for hydroxylation is 1. The van der Waals surface area contributed by atoms with E-state index in [1.54, 1.807) is 25.3 Å². The minimum Gasteiger partial charge on any atom is -0.454 e. The Morgan fingerprint density at radius 3 is 2.63 bits per heavy atom. The molecule has 8 heteroatoms. The Labute approximate surface area is 245 Å². The van der Waals surface area contributed by atoms with Crippen LogP contribution in [0.2, 0.25) is 0 Å². The van der Waals surface area contributed by atoms with Gasteiger partial charge in [-0.2, -0.15) is 0 Å².